The summed E-state index contributed by atoms with van der Waals surface area (Å²) in [6.45, 7) is 3.77. The van der Waals surface area contributed by atoms with Gasteiger partial charge in [-0.25, -0.2) is 0 Å². The number of nitrogens with zero attached hydrogens (tertiary/aromatic N) is 2. The van der Waals surface area contributed by atoms with Crippen molar-refractivity contribution in [3.8, 4) is 10.9 Å². The Morgan fingerprint density at radius 1 is 1.33 bits per heavy atom. The molecule has 1 aromatic heterocycles. The van der Waals surface area contributed by atoms with E-state index < -0.39 is 0 Å². The monoisotopic (exact) mass is 221 g/mol. The first-order chi connectivity index (χ1) is 7.16. The van der Waals surface area contributed by atoms with Crippen molar-refractivity contribution in [1.29, 1.82) is 0 Å². The van der Waals surface area contributed by atoms with E-state index in [2.05, 4.69) is 9.36 Å². The summed E-state index contributed by atoms with van der Waals surface area (Å²) in [7, 11) is 0. The van der Waals surface area contributed by atoms with Crippen molar-refractivity contribution in [3.63, 3.8) is 0 Å². The van der Waals surface area contributed by atoms with Gasteiger partial charge >= 0.3 is 0 Å². The Morgan fingerprint density at radius 2 is 2.13 bits per heavy atom. The summed E-state index contributed by atoms with van der Waals surface area (Å²) in [5.41, 5.74) is 7.41. The van der Waals surface area contributed by atoms with Crippen LogP contribution in [0, 0.1) is 13.8 Å². The standard InChI is InChI=1S/C10H11N3OS/c1-6-4-3-5-8(11)9(6)14-10-12-7(2)13-15-10/h3-5H,11H2,1-2H3. The summed E-state index contributed by atoms with van der Waals surface area (Å²) < 4.78 is 9.62. The molecule has 15 heavy (non-hydrogen) atoms. The van der Waals surface area contributed by atoms with Crippen molar-refractivity contribution in [2.45, 2.75) is 13.8 Å². The lowest BCUT2D eigenvalue weighted by atomic mass is 10.2. The van der Waals surface area contributed by atoms with Crippen LogP contribution in [0.15, 0.2) is 18.2 Å². The van der Waals surface area contributed by atoms with E-state index in [1.54, 1.807) is 6.07 Å². The predicted octanol–water partition coefficient (Wildman–Crippen LogP) is 2.53. The van der Waals surface area contributed by atoms with Crippen molar-refractivity contribution in [2.75, 3.05) is 5.73 Å². The van der Waals surface area contributed by atoms with Crippen LogP contribution in [0.1, 0.15) is 11.4 Å². The number of nitrogens with two attached hydrogens (primary N) is 1. The zero-order valence-electron chi connectivity index (χ0n) is 8.52. The smallest absolute Gasteiger partial charge is 0.298 e. The SMILES string of the molecule is Cc1nsc(Oc2c(C)cccc2N)n1. The number of nitrogen functional groups attached to an aromatic ring is 1. The van der Waals surface area contributed by atoms with Crippen molar-refractivity contribution in [3.05, 3.63) is 29.6 Å². The number of ether oxygens (including phenoxy) is 1. The molecule has 4 nitrogen and oxygen atoms in total. The predicted molar refractivity (Wildman–Crippen MR) is 60.3 cm³/mol. The van der Waals surface area contributed by atoms with Gasteiger partial charge in [0.25, 0.3) is 5.19 Å². The van der Waals surface area contributed by atoms with Crippen molar-refractivity contribution in [1.82, 2.24) is 9.36 Å². The van der Waals surface area contributed by atoms with Gasteiger partial charge in [-0.1, -0.05) is 12.1 Å². The van der Waals surface area contributed by atoms with E-state index in [1.807, 2.05) is 26.0 Å². The molecule has 78 valence electrons. The first-order valence-corrected chi connectivity index (χ1v) is 5.27. The van der Waals surface area contributed by atoms with Crippen molar-refractivity contribution >= 4 is 17.2 Å². The number of hydrogen-bond acceptors (Lipinski definition) is 5. The van der Waals surface area contributed by atoms with E-state index in [9.17, 15) is 0 Å². The van der Waals surface area contributed by atoms with Gasteiger partial charge in [-0.3, -0.25) is 0 Å². The highest BCUT2D eigenvalue weighted by Gasteiger charge is 2.08. The van der Waals surface area contributed by atoms with Gasteiger partial charge in [0.1, 0.15) is 5.82 Å². The van der Waals surface area contributed by atoms with Gasteiger partial charge in [-0.15, -0.1) is 0 Å². The Kier molecular flexibility index (Phi) is 2.55. The summed E-state index contributed by atoms with van der Waals surface area (Å²) in [5, 5.41) is 0.522. The lowest BCUT2D eigenvalue weighted by molar-refractivity contribution is 0.476. The number of para-hydroxylation sites is 1. The molecule has 0 unspecified atom stereocenters. The van der Waals surface area contributed by atoms with Gasteiger partial charge in [0.05, 0.1) is 5.69 Å². The van der Waals surface area contributed by atoms with Crippen LogP contribution >= 0.6 is 11.5 Å². The first kappa shape index (κ1) is 9.92. The fourth-order valence-corrected chi connectivity index (χ4v) is 1.77. The molecule has 0 saturated carbocycles. The van der Waals surface area contributed by atoms with Crippen LogP contribution in [0.2, 0.25) is 0 Å². The molecule has 0 fully saturated rings. The number of hydrogen-bond donors (Lipinski definition) is 1. The second-order valence-electron chi connectivity index (χ2n) is 3.20. The number of benzene rings is 1. The van der Waals surface area contributed by atoms with Gasteiger partial charge in [0, 0.05) is 11.5 Å². The molecule has 0 aliphatic rings. The average Bonchev–Trinajstić information content (AvgIpc) is 2.58. The Hall–Kier alpha value is -1.62. The number of aromatic nitrogens is 2. The van der Waals surface area contributed by atoms with Crippen molar-refractivity contribution in [2.24, 2.45) is 0 Å². The highest BCUT2D eigenvalue weighted by Crippen LogP contribution is 2.31. The van der Waals surface area contributed by atoms with Crippen LogP contribution in [0.25, 0.3) is 0 Å². The Balaban J connectivity index is 2.31. The maximum absolute atomic E-state index is 5.81. The fourth-order valence-electron chi connectivity index (χ4n) is 1.22. The minimum atomic E-state index is 0.522. The normalized spacial score (nSPS) is 10.3. The molecule has 0 aliphatic heterocycles. The number of rotatable bonds is 2. The van der Waals surface area contributed by atoms with Gasteiger partial charge in [0.2, 0.25) is 0 Å². The molecule has 2 aromatic rings. The lowest BCUT2D eigenvalue weighted by Gasteiger charge is -2.07. The minimum Gasteiger partial charge on any atom is -0.427 e. The second-order valence-corrected chi connectivity index (χ2v) is 3.92. The van der Waals surface area contributed by atoms with E-state index in [-0.39, 0.29) is 0 Å². The Morgan fingerprint density at radius 3 is 2.73 bits per heavy atom. The molecule has 0 saturated heterocycles. The summed E-state index contributed by atoms with van der Waals surface area (Å²) >= 11 is 1.22. The van der Waals surface area contributed by atoms with Gasteiger partial charge in [0.15, 0.2) is 5.75 Å². The molecule has 2 rings (SSSR count). The quantitative estimate of drug-likeness (QED) is 0.791. The minimum absolute atomic E-state index is 0.522. The summed E-state index contributed by atoms with van der Waals surface area (Å²) in [5.74, 6) is 1.37. The molecule has 5 heteroatoms. The van der Waals surface area contributed by atoms with Gasteiger partial charge in [-0.2, -0.15) is 9.36 Å². The number of aryl methyl sites for hydroxylation is 2. The molecule has 0 bridgehead atoms. The highest BCUT2D eigenvalue weighted by atomic mass is 32.1. The molecule has 1 aromatic carbocycles. The number of anilines is 1. The van der Waals surface area contributed by atoms with E-state index in [0.717, 1.165) is 5.56 Å². The van der Waals surface area contributed by atoms with Gasteiger partial charge in [-0.05, 0) is 25.5 Å². The molecule has 1 heterocycles. The van der Waals surface area contributed by atoms with Crippen molar-refractivity contribution < 1.29 is 4.74 Å². The molecule has 0 spiro atoms. The van der Waals surface area contributed by atoms with Crippen LogP contribution in [-0.4, -0.2) is 9.36 Å². The van der Waals surface area contributed by atoms with E-state index in [4.69, 9.17) is 10.5 Å². The third-order valence-corrected chi connectivity index (χ3v) is 2.63. The molecular formula is C10H11N3OS. The van der Waals surface area contributed by atoms with Crippen LogP contribution in [0.4, 0.5) is 5.69 Å². The highest BCUT2D eigenvalue weighted by molar-refractivity contribution is 7.07. The summed E-state index contributed by atoms with van der Waals surface area (Å²) in [6, 6.07) is 5.64. The maximum atomic E-state index is 5.81. The average molecular weight is 221 g/mol. The third-order valence-electron chi connectivity index (χ3n) is 1.94. The molecule has 2 N–H and O–H groups in total. The molecule has 0 radical (unpaired) electrons. The zero-order chi connectivity index (χ0) is 10.8. The van der Waals surface area contributed by atoms with Gasteiger partial charge < -0.3 is 10.5 Å². The lowest BCUT2D eigenvalue weighted by Crippen LogP contribution is -1.93. The van der Waals surface area contributed by atoms with E-state index in [1.165, 1.54) is 11.5 Å². The Bertz CT molecular complexity index is 461. The molecule has 0 atom stereocenters. The summed E-state index contributed by atoms with van der Waals surface area (Å²) in [4.78, 5) is 4.12. The first-order valence-electron chi connectivity index (χ1n) is 4.50. The van der Waals surface area contributed by atoms with Crippen LogP contribution in [0.3, 0.4) is 0 Å². The molecule has 0 amide bonds. The largest absolute Gasteiger partial charge is 0.427 e. The van der Waals surface area contributed by atoms with Crippen LogP contribution < -0.4 is 10.5 Å². The topological polar surface area (TPSA) is 61.0 Å². The van der Waals surface area contributed by atoms with Crippen LogP contribution in [-0.2, 0) is 0 Å². The zero-order valence-corrected chi connectivity index (χ0v) is 9.34. The van der Waals surface area contributed by atoms with E-state index >= 15 is 0 Å². The Labute approximate surface area is 91.9 Å². The fraction of sp³-hybridized carbons (Fsp3) is 0.200. The maximum Gasteiger partial charge on any atom is 0.298 e. The molecule has 0 aliphatic carbocycles. The second kappa shape index (κ2) is 3.86. The van der Waals surface area contributed by atoms with Crippen LogP contribution in [0.5, 0.6) is 10.9 Å². The van der Waals surface area contributed by atoms with E-state index in [0.29, 0.717) is 22.5 Å². The summed E-state index contributed by atoms with van der Waals surface area (Å²) in [6.07, 6.45) is 0. The third kappa shape index (κ3) is 2.07. The molecular weight excluding hydrogens is 210 g/mol.